The third-order valence-electron chi connectivity index (χ3n) is 10.8. The normalized spacial score (nSPS) is 16.1. The van der Waals surface area contributed by atoms with Crippen molar-refractivity contribution in [1.29, 1.82) is 0 Å². The number of methoxy groups -OCH3 is 1. The molecule has 23 nitrogen and oxygen atoms in total. The van der Waals surface area contributed by atoms with Gasteiger partial charge in [-0.2, -0.15) is 15.6 Å². The third kappa shape index (κ3) is 21.2. The molecule has 0 fully saturated rings. The van der Waals surface area contributed by atoms with Crippen LogP contribution in [0.2, 0.25) is 0 Å². The molecule has 0 aliphatic rings. The van der Waals surface area contributed by atoms with Gasteiger partial charge in [-0.3, -0.25) is 44.6 Å². The van der Waals surface area contributed by atoms with E-state index in [1.165, 1.54) is 90.0 Å². The average molecular weight is 1050 g/mol. The van der Waals surface area contributed by atoms with Gasteiger partial charge in [0.2, 0.25) is 47.3 Å². The number of allylic oxidation sites excluding steroid dienone is 2. The minimum absolute atomic E-state index is 0. The first kappa shape index (κ1) is 66.8. The molecule has 67 heavy (non-hydrogen) atoms. The molecule has 1 radical (unpaired) electrons. The van der Waals surface area contributed by atoms with Crippen LogP contribution in [0.25, 0.3) is 0 Å². The number of aliphatic hydroxyl groups is 2. The van der Waals surface area contributed by atoms with Gasteiger partial charge in [0.25, 0.3) is 0 Å². The van der Waals surface area contributed by atoms with Gasteiger partial charge >= 0.3 is 5.97 Å². The van der Waals surface area contributed by atoms with Gasteiger partial charge in [0.15, 0.2) is 6.04 Å². The van der Waals surface area contributed by atoms with Crippen molar-refractivity contribution in [1.82, 2.24) is 46.2 Å². The van der Waals surface area contributed by atoms with Crippen LogP contribution >= 0.6 is 9.24 Å². The first-order valence-electron chi connectivity index (χ1n) is 21.1. The zero-order valence-corrected chi connectivity index (χ0v) is 45.2. The number of carbonyl (C=O) groups excluding carboxylic acids is 11. The number of carbonyl (C=O) groups is 9. The summed E-state index contributed by atoms with van der Waals surface area (Å²) < 4.78 is 4.67. The molecule has 0 aliphatic heterocycles. The summed E-state index contributed by atoms with van der Waals surface area (Å²) in [5, 5.41) is 33.4. The van der Waals surface area contributed by atoms with Gasteiger partial charge in [-0.05, 0) is 74.7 Å². The van der Waals surface area contributed by atoms with Gasteiger partial charge in [-0.25, -0.2) is 4.79 Å². The standard InChI is InChI=1S/C40H68N9O13.C2H4OP.Y/c1-16-17-18-20(2)31(52)30(35(56)45-29(28(10)51)40(61)62-15)49(14)39(60)27(9)48(13)38(59)24(6)44-34(55)26(8)47(12)37(58)23(5)43-32(53)21(3)42-33(54)25(7)46(11)36(57)22(4)41-19-50;3-1-2-4;/h16-17,20-31,51-52H,18H2,1-15H3,(H,41,50)(H,42,54)(H,43,53)(H,44,55)(H,45,56);2,4H2;/q2*-1;/b17-16+;;. The molecule has 0 rings (SSSR count). The Hall–Kier alpha value is -4.44. The monoisotopic (exact) mass is 1050 g/mol. The zero-order chi connectivity index (χ0) is 51.9. The van der Waals surface area contributed by atoms with E-state index in [2.05, 4.69) is 40.6 Å². The fraction of sp³-hybridized carbons (Fsp3) is 0.690. The number of nitrogens with zero attached hydrogens (tertiary/aromatic N) is 4. The summed E-state index contributed by atoms with van der Waals surface area (Å²) in [6.45, 7) is 14.3. The van der Waals surface area contributed by atoms with Crippen molar-refractivity contribution in [2.45, 2.75) is 142 Å². The fourth-order valence-corrected chi connectivity index (χ4v) is 5.89. The van der Waals surface area contributed by atoms with Crippen LogP contribution < -0.4 is 26.6 Å². The van der Waals surface area contributed by atoms with Crippen LogP contribution in [0.3, 0.4) is 0 Å². The van der Waals surface area contributed by atoms with Crippen LogP contribution in [0.15, 0.2) is 12.2 Å². The molecule has 379 valence electrons. The number of esters is 1. The summed E-state index contributed by atoms with van der Waals surface area (Å²) >= 11 is 0. The molecule has 13 atom stereocenters. The van der Waals surface area contributed by atoms with Gasteiger partial charge in [-0.1, -0.05) is 19.1 Å². The van der Waals surface area contributed by atoms with Crippen LogP contribution in [-0.2, 0) is 90.2 Å². The molecule has 0 saturated carbocycles. The smallest absolute Gasteiger partial charge is 0.331 e. The largest absolute Gasteiger partial charge is 0.541 e. The Morgan fingerprint density at radius 2 is 1.01 bits per heavy atom. The van der Waals surface area contributed by atoms with Crippen molar-refractivity contribution < 1.29 is 100 Å². The predicted molar refractivity (Wildman–Crippen MR) is 245 cm³/mol. The summed E-state index contributed by atoms with van der Waals surface area (Å²) in [5.74, 6) is -7.49. The van der Waals surface area contributed by atoms with E-state index in [4.69, 9.17) is 4.79 Å². The van der Waals surface area contributed by atoms with Crippen LogP contribution in [0.4, 0.5) is 0 Å². The van der Waals surface area contributed by atoms with Crippen molar-refractivity contribution in [2.24, 2.45) is 5.92 Å². The number of likely N-dealkylation sites (N-methyl/N-ethyl adjacent to an activating group) is 4. The molecule has 0 bridgehead atoms. The summed E-state index contributed by atoms with van der Waals surface area (Å²) in [7, 11) is 8.47. The van der Waals surface area contributed by atoms with Crippen LogP contribution in [0, 0.1) is 5.92 Å². The number of hydrogen-bond donors (Lipinski definition) is 7. The quantitative estimate of drug-likeness (QED) is 0.0157. The second kappa shape index (κ2) is 33.1. The van der Waals surface area contributed by atoms with E-state index in [-0.39, 0.29) is 32.7 Å². The fourth-order valence-electron chi connectivity index (χ4n) is 5.89. The van der Waals surface area contributed by atoms with Crippen molar-refractivity contribution in [3.05, 3.63) is 12.2 Å². The van der Waals surface area contributed by atoms with E-state index in [1.54, 1.807) is 32.3 Å². The van der Waals surface area contributed by atoms with Crippen molar-refractivity contribution in [3.8, 4) is 0 Å². The molecule has 0 aromatic carbocycles. The Morgan fingerprint density at radius 1 is 0.612 bits per heavy atom. The molecule has 9 amide bonds. The Bertz CT molecular complexity index is 1730. The maximum absolute atomic E-state index is 13.8. The van der Waals surface area contributed by atoms with E-state index < -0.39 is 126 Å². The van der Waals surface area contributed by atoms with E-state index in [0.29, 0.717) is 12.6 Å². The molecule has 0 spiro atoms. The zero-order valence-electron chi connectivity index (χ0n) is 41.2. The number of aliphatic hydroxyl groups excluding tert-OH is 2. The molecule has 0 aliphatic carbocycles. The Balaban J connectivity index is -0.00000784. The number of nitrogens with one attached hydrogen (secondary N) is 5. The van der Waals surface area contributed by atoms with Gasteiger partial charge in [0.05, 0.1) is 25.4 Å². The second-order valence-corrected chi connectivity index (χ2v) is 16.2. The first-order chi connectivity index (χ1) is 30.5. The van der Waals surface area contributed by atoms with Gasteiger partial charge < -0.3 is 70.7 Å². The summed E-state index contributed by atoms with van der Waals surface area (Å²) in [6, 6.07) is -11.1. The molecule has 0 heterocycles. The van der Waals surface area contributed by atoms with Crippen LogP contribution in [0.1, 0.15) is 75.7 Å². The molecule has 0 saturated heterocycles. The topological polar surface area (TPSA) is 311 Å². The predicted octanol–water partition coefficient (Wildman–Crippen LogP) is -3.12. The summed E-state index contributed by atoms with van der Waals surface area (Å²) in [4.78, 5) is 142. The van der Waals surface area contributed by atoms with Gasteiger partial charge in [-0.15, -0.1) is 6.16 Å². The second-order valence-electron chi connectivity index (χ2n) is 15.8. The first-order valence-corrected chi connectivity index (χ1v) is 21.9. The molecular weight excluding hydrogens is 974 g/mol. The summed E-state index contributed by atoms with van der Waals surface area (Å²) in [5.41, 5.74) is 0. The van der Waals surface area contributed by atoms with E-state index >= 15 is 0 Å². The Kier molecular flexibility index (Phi) is 33.0. The number of amides is 9. The van der Waals surface area contributed by atoms with Gasteiger partial charge in [0, 0.05) is 60.9 Å². The summed E-state index contributed by atoms with van der Waals surface area (Å²) in [6.07, 6.45) is 4.44. The van der Waals surface area contributed by atoms with E-state index in [0.717, 1.165) is 26.7 Å². The Labute approximate surface area is 421 Å². The van der Waals surface area contributed by atoms with Crippen molar-refractivity contribution in [2.75, 3.05) is 41.5 Å². The number of rotatable bonds is 25. The minimum atomic E-state index is -1.59. The number of hydrogen-bond acceptors (Lipinski definition) is 14. The third-order valence-corrected chi connectivity index (χ3v) is 10.9. The minimum Gasteiger partial charge on any atom is -0.541 e. The van der Waals surface area contributed by atoms with E-state index in [1.807, 2.05) is 0 Å². The van der Waals surface area contributed by atoms with Crippen molar-refractivity contribution in [3.63, 3.8) is 0 Å². The van der Waals surface area contributed by atoms with Gasteiger partial charge in [0.1, 0.15) is 42.3 Å². The molecule has 0 aromatic rings. The number of ether oxygens (including phenoxy) is 1. The maximum atomic E-state index is 13.8. The maximum Gasteiger partial charge on any atom is 0.331 e. The van der Waals surface area contributed by atoms with Crippen molar-refractivity contribution >= 4 is 75.2 Å². The molecule has 0 aromatic heterocycles. The van der Waals surface area contributed by atoms with Crippen LogP contribution in [0.5, 0.6) is 0 Å². The SMILES string of the molecule is C/C=C/CC(C)C(O)C(C(=O)NC(C(=O)OC)C(C)O)N(C)C(=O)C(C)N(C)C(=O)C(C)NC(=O)C(C)N(C)C(=O)C(C)NC(=O)C(C)NC(=O)C(C)N(C)C(=O)C(C)N[C-]=O.O=[C-]CP.[Y]. The molecule has 25 heteroatoms. The van der Waals surface area contributed by atoms with E-state index in [9.17, 15) is 58.2 Å². The average Bonchev–Trinajstić information content (AvgIpc) is 3.29. The van der Waals surface area contributed by atoms with Crippen LogP contribution in [-0.4, -0.2) is 204 Å². The molecular formula is C42H72N9O14PY-2. The molecule has 7 N–H and O–H groups in total. The Morgan fingerprint density at radius 3 is 1.40 bits per heavy atom. The molecule has 13 unspecified atom stereocenters.